The third kappa shape index (κ3) is 2.04. The van der Waals surface area contributed by atoms with Crippen molar-refractivity contribution in [3.8, 4) is 0 Å². The molecule has 0 aliphatic carbocycles. The predicted molar refractivity (Wildman–Crippen MR) is 59.9 cm³/mol. The molecule has 0 saturated carbocycles. The van der Waals surface area contributed by atoms with Crippen LogP contribution in [0.5, 0.6) is 0 Å². The number of hydrogen-bond acceptors (Lipinski definition) is 3. The van der Waals surface area contributed by atoms with Crippen molar-refractivity contribution < 1.29 is 4.92 Å². The first-order valence-electron chi connectivity index (χ1n) is 4.05. The van der Waals surface area contributed by atoms with Crippen LogP contribution in [0.3, 0.4) is 0 Å². The highest BCUT2D eigenvalue weighted by atomic mass is 79.9. The van der Waals surface area contributed by atoms with Crippen LogP contribution in [0.4, 0.5) is 11.4 Å². The van der Waals surface area contributed by atoms with Gasteiger partial charge in [-0.1, -0.05) is 0 Å². The Hall–Kier alpha value is -1.10. The maximum atomic E-state index is 10.8. The first-order chi connectivity index (χ1) is 6.43. The lowest BCUT2D eigenvalue weighted by molar-refractivity contribution is -0.384. The monoisotopic (exact) mass is 258 g/mol. The smallest absolute Gasteiger partial charge is 0.293 e. The molecule has 0 bridgehead atoms. The third-order valence-electron chi connectivity index (χ3n) is 1.83. The van der Waals surface area contributed by atoms with Gasteiger partial charge in [-0.2, -0.15) is 0 Å². The molecule has 0 heterocycles. The van der Waals surface area contributed by atoms with Crippen LogP contribution in [-0.2, 0) is 0 Å². The molecule has 0 N–H and O–H groups in total. The minimum atomic E-state index is -0.368. The van der Waals surface area contributed by atoms with Crippen LogP contribution < -0.4 is 4.90 Å². The summed E-state index contributed by atoms with van der Waals surface area (Å²) in [7, 11) is 3.56. The number of hydrogen-bond donors (Lipinski definition) is 0. The molecule has 0 aromatic heterocycles. The lowest BCUT2D eigenvalue weighted by atomic mass is 10.2. The maximum absolute atomic E-state index is 10.8. The van der Waals surface area contributed by atoms with E-state index in [2.05, 4.69) is 15.9 Å². The number of nitrogens with zero attached hydrogens (tertiary/aromatic N) is 2. The fourth-order valence-electron chi connectivity index (χ4n) is 1.30. The van der Waals surface area contributed by atoms with Gasteiger partial charge in [0.1, 0.15) is 5.69 Å². The minimum absolute atomic E-state index is 0.127. The van der Waals surface area contributed by atoms with Gasteiger partial charge in [0.15, 0.2) is 0 Å². The van der Waals surface area contributed by atoms with Gasteiger partial charge in [-0.3, -0.25) is 10.1 Å². The molecule has 0 radical (unpaired) electrons. The van der Waals surface area contributed by atoms with Gasteiger partial charge in [0.25, 0.3) is 5.69 Å². The van der Waals surface area contributed by atoms with E-state index in [-0.39, 0.29) is 10.6 Å². The zero-order valence-electron chi connectivity index (χ0n) is 8.24. The molecule has 14 heavy (non-hydrogen) atoms. The predicted octanol–water partition coefficient (Wildman–Crippen LogP) is 2.73. The first-order valence-corrected chi connectivity index (χ1v) is 4.84. The summed E-state index contributed by atoms with van der Waals surface area (Å²) in [6.45, 7) is 1.83. The van der Waals surface area contributed by atoms with E-state index in [0.29, 0.717) is 5.69 Å². The van der Waals surface area contributed by atoms with Gasteiger partial charge in [0.2, 0.25) is 0 Å². The molecule has 1 aromatic rings. The van der Waals surface area contributed by atoms with E-state index in [1.165, 1.54) is 0 Å². The fourth-order valence-corrected chi connectivity index (χ4v) is 2.22. The quantitative estimate of drug-likeness (QED) is 0.606. The van der Waals surface area contributed by atoms with Gasteiger partial charge in [-0.15, -0.1) is 0 Å². The average molecular weight is 259 g/mol. The Morgan fingerprint density at radius 2 is 2.00 bits per heavy atom. The molecular formula is C9H11BrN2O2. The van der Waals surface area contributed by atoms with Gasteiger partial charge in [-0.25, -0.2) is 0 Å². The summed E-state index contributed by atoms with van der Waals surface area (Å²) in [5.41, 5.74) is 1.59. The molecule has 0 fully saturated rings. The summed E-state index contributed by atoms with van der Waals surface area (Å²) in [5, 5.41) is 10.8. The van der Waals surface area contributed by atoms with Crippen LogP contribution in [0.15, 0.2) is 16.6 Å². The second-order valence-corrected chi connectivity index (χ2v) is 4.12. The Morgan fingerprint density at radius 1 is 1.43 bits per heavy atom. The normalized spacial score (nSPS) is 10.0. The van der Waals surface area contributed by atoms with Crippen molar-refractivity contribution in [2.45, 2.75) is 6.92 Å². The summed E-state index contributed by atoms with van der Waals surface area (Å²) in [6.07, 6.45) is 0. The number of nitro benzene ring substituents is 1. The van der Waals surface area contributed by atoms with Crippen molar-refractivity contribution in [1.82, 2.24) is 0 Å². The van der Waals surface area contributed by atoms with Gasteiger partial charge in [0.05, 0.1) is 4.92 Å². The van der Waals surface area contributed by atoms with E-state index in [4.69, 9.17) is 0 Å². The fraction of sp³-hybridized carbons (Fsp3) is 0.333. The van der Waals surface area contributed by atoms with Crippen molar-refractivity contribution in [2.75, 3.05) is 19.0 Å². The lowest BCUT2D eigenvalue weighted by Crippen LogP contribution is -2.12. The van der Waals surface area contributed by atoms with Gasteiger partial charge in [0, 0.05) is 24.6 Å². The van der Waals surface area contributed by atoms with Crippen molar-refractivity contribution >= 4 is 27.3 Å². The molecule has 5 heteroatoms. The molecule has 0 aliphatic heterocycles. The first kappa shape index (κ1) is 11.0. The third-order valence-corrected chi connectivity index (χ3v) is 2.44. The number of rotatable bonds is 2. The van der Waals surface area contributed by atoms with E-state index < -0.39 is 0 Å². The van der Waals surface area contributed by atoms with Crippen LogP contribution in [0.2, 0.25) is 0 Å². The molecule has 4 nitrogen and oxygen atoms in total. The van der Waals surface area contributed by atoms with E-state index >= 15 is 0 Å². The molecule has 1 aromatic carbocycles. The molecule has 0 saturated heterocycles. The molecule has 0 spiro atoms. The van der Waals surface area contributed by atoms with Crippen LogP contribution in [0.1, 0.15) is 5.56 Å². The second-order valence-electron chi connectivity index (χ2n) is 3.27. The number of benzene rings is 1. The maximum Gasteiger partial charge on any atom is 0.293 e. The van der Waals surface area contributed by atoms with E-state index in [0.717, 1.165) is 10.0 Å². The zero-order chi connectivity index (χ0) is 10.9. The summed E-state index contributed by atoms with van der Waals surface area (Å²) in [5.74, 6) is 0. The van der Waals surface area contributed by atoms with Gasteiger partial charge >= 0.3 is 0 Å². The lowest BCUT2D eigenvalue weighted by Gasteiger charge is -2.14. The Labute approximate surface area is 90.8 Å². The average Bonchev–Trinajstić information content (AvgIpc) is 2.01. The molecule has 0 aliphatic rings. The summed E-state index contributed by atoms with van der Waals surface area (Å²) < 4.78 is 0.745. The molecule has 76 valence electrons. The highest BCUT2D eigenvalue weighted by molar-refractivity contribution is 9.10. The van der Waals surface area contributed by atoms with Gasteiger partial charge < -0.3 is 4.90 Å². The van der Waals surface area contributed by atoms with E-state index in [1.807, 2.05) is 13.0 Å². The standard InChI is InChI=1S/C9H11BrN2O2/c1-6-4-7(10)9(11(2)3)8(5-6)12(13)14/h4-5H,1-3H3. The molecule has 1 rings (SSSR count). The van der Waals surface area contributed by atoms with Crippen molar-refractivity contribution in [3.63, 3.8) is 0 Å². The van der Waals surface area contributed by atoms with Crippen molar-refractivity contribution in [1.29, 1.82) is 0 Å². The zero-order valence-corrected chi connectivity index (χ0v) is 9.83. The highest BCUT2D eigenvalue weighted by Gasteiger charge is 2.18. The Kier molecular flexibility index (Phi) is 3.10. The number of anilines is 1. The molecular weight excluding hydrogens is 248 g/mol. The molecule has 0 atom stereocenters. The van der Waals surface area contributed by atoms with Crippen molar-refractivity contribution in [3.05, 3.63) is 32.3 Å². The van der Waals surface area contributed by atoms with Crippen molar-refractivity contribution in [2.24, 2.45) is 0 Å². The van der Waals surface area contributed by atoms with E-state index in [9.17, 15) is 10.1 Å². The topological polar surface area (TPSA) is 46.4 Å². The van der Waals surface area contributed by atoms with Crippen LogP contribution >= 0.6 is 15.9 Å². The SMILES string of the molecule is Cc1cc(Br)c(N(C)C)c([N+](=O)[O-])c1. The van der Waals surface area contributed by atoms with Gasteiger partial charge in [-0.05, 0) is 34.5 Å². The Bertz CT molecular complexity index is 377. The summed E-state index contributed by atoms with van der Waals surface area (Å²) in [6, 6.07) is 3.43. The number of aryl methyl sites for hydroxylation is 1. The van der Waals surface area contributed by atoms with E-state index in [1.54, 1.807) is 25.1 Å². The summed E-state index contributed by atoms with van der Waals surface area (Å²) in [4.78, 5) is 12.1. The van der Waals surface area contributed by atoms with Crippen LogP contribution in [0, 0.1) is 17.0 Å². The molecule has 0 unspecified atom stereocenters. The van der Waals surface area contributed by atoms with Crippen LogP contribution in [-0.4, -0.2) is 19.0 Å². The Balaban J connectivity index is 3.44. The highest BCUT2D eigenvalue weighted by Crippen LogP contribution is 2.35. The number of nitro groups is 1. The minimum Gasteiger partial charge on any atom is -0.371 e. The largest absolute Gasteiger partial charge is 0.371 e. The summed E-state index contributed by atoms with van der Waals surface area (Å²) >= 11 is 3.32. The molecule has 0 amide bonds. The second kappa shape index (κ2) is 3.96. The van der Waals surface area contributed by atoms with Crippen LogP contribution in [0.25, 0.3) is 0 Å². The Morgan fingerprint density at radius 3 is 2.43 bits per heavy atom. The number of halogens is 1.